The SMILES string of the molecule is COc1ccc2c(c1)C(CCN1CCC(c3ccc(OC)c(OC)c3)CC1)CO2. The predicted molar refractivity (Wildman–Crippen MR) is 114 cm³/mol. The quantitative estimate of drug-likeness (QED) is 0.690. The molecule has 4 rings (SSSR count). The van der Waals surface area contributed by atoms with Gasteiger partial charge in [-0.2, -0.15) is 0 Å². The van der Waals surface area contributed by atoms with Gasteiger partial charge in [0.15, 0.2) is 11.5 Å². The molecule has 2 heterocycles. The van der Waals surface area contributed by atoms with E-state index in [0.29, 0.717) is 11.8 Å². The highest BCUT2D eigenvalue weighted by molar-refractivity contribution is 5.45. The summed E-state index contributed by atoms with van der Waals surface area (Å²) in [7, 11) is 5.10. The fourth-order valence-corrected chi connectivity index (χ4v) is 4.56. The standard InChI is InChI=1S/C24H31NO4/c1-26-20-5-7-22-21(15-20)19(16-29-22)10-13-25-11-8-17(9-12-25)18-4-6-23(27-2)24(14-18)28-3/h4-7,14-15,17,19H,8-13,16H2,1-3H3. The zero-order valence-electron chi connectivity index (χ0n) is 17.6. The van der Waals surface area contributed by atoms with Crippen LogP contribution in [0.15, 0.2) is 36.4 Å². The lowest BCUT2D eigenvalue weighted by atomic mass is 9.88. The van der Waals surface area contributed by atoms with E-state index in [2.05, 4.69) is 23.1 Å². The number of rotatable bonds is 7. The second kappa shape index (κ2) is 8.95. The average molecular weight is 398 g/mol. The van der Waals surface area contributed by atoms with Crippen LogP contribution in [0.3, 0.4) is 0 Å². The minimum Gasteiger partial charge on any atom is -0.497 e. The lowest BCUT2D eigenvalue weighted by molar-refractivity contribution is 0.200. The lowest BCUT2D eigenvalue weighted by Crippen LogP contribution is -2.34. The second-order valence-electron chi connectivity index (χ2n) is 7.93. The van der Waals surface area contributed by atoms with E-state index in [9.17, 15) is 0 Å². The molecule has 0 N–H and O–H groups in total. The molecule has 1 unspecified atom stereocenters. The largest absolute Gasteiger partial charge is 0.497 e. The predicted octanol–water partition coefficient (Wildman–Crippen LogP) is 4.46. The normalized spacial score (nSPS) is 19.5. The van der Waals surface area contributed by atoms with Crippen LogP contribution >= 0.6 is 0 Å². The number of methoxy groups -OCH3 is 3. The van der Waals surface area contributed by atoms with Crippen LogP contribution in [-0.2, 0) is 0 Å². The first-order valence-corrected chi connectivity index (χ1v) is 10.5. The van der Waals surface area contributed by atoms with E-state index < -0.39 is 0 Å². The first kappa shape index (κ1) is 19.9. The van der Waals surface area contributed by atoms with Gasteiger partial charge in [-0.25, -0.2) is 0 Å². The van der Waals surface area contributed by atoms with Crippen LogP contribution in [0.25, 0.3) is 0 Å². The topological polar surface area (TPSA) is 40.2 Å². The van der Waals surface area contributed by atoms with Gasteiger partial charge in [-0.3, -0.25) is 0 Å². The molecule has 0 amide bonds. The summed E-state index contributed by atoms with van der Waals surface area (Å²) in [5, 5.41) is 0. The van der Waals surface area contributed by atoms with Gasteiger partial charge in [0.05, 0.1) is 27.9 Å². The highest BCUT2D eigenvalue weighted by atomic mass is 16.5. The van der Waals surface area contributed by atoms with Crippen molar-refractivity contribution in [2.45, 2.75) is 31.1 Å². The molecule has 2 aliphatic rings. The Balaban J connectivity index is 1.30. The van der Waals surface area contributed by atoms with Crippen LogP contribution in [0.1, 0.15) is 42.2 Å². The van der Waals surface area contributed by atoms with Gasteiger partial charge in [0.2, 0.25) is 0 Å². The summed E-state index contributed by atoms with van der Waals surface area (Å²) in [6.45, 7) is 4.17. The molecule has 2 aromatic rings. The molecular formula is C24H31NO4. The third-order valence-electron chi connectivity index (χ3n) is 6.36. The van der Waals surface area contributed by atoms with Gasteiger partial charge in [0.1, 0.15) is 11.5 Å². The summed E-state index contributed by atoms with van der Waals surface area (Å²) in [5.74, 6) is 4.60. The zero-order valence-corrected chi connectivity index (χ0v) is 17.6. The molecule has 0 aromatic heterocycles. The zero-order chi connectivity index (χ0) is 20.2. The van der Waals surface area contributed by atoms with Crippen LogP contribution in [0, 0.1) is 0 Å². The summed E-state index contributed by atoms with van der Waals surface area (Å²) in [6.07, 6.45) is 3.49. The van der Waals surface area contributed by atoms with Crippen LogP contribution in [0.4, 0.5) is 0 Å². The maximum absolute atomic E-state index is 5.87. The third kappa shape index (κ3) is 4.30. The molecule has 1 fully saturated rings. The van der Waals surface area contributed by atoms with Crippen molar-refractivity contribution in [2.75, 3.05) is 47.6 Å². The van der Waals surface area contributed by atoms with Gasteiger partial charge in [-0.15, -0.1) is 0 Å². The van der Waals surface area contributed by atoms with Gasteiger partial charge < -0.3 is 23.8 Å². The number of benzene rings is 2. The molecule has 5 heteroatoms. The molecule has 0 radical (unpaired) electrons. The Morgan fingerprint density at radius 3 is 2.45 bits per heavy atom. The van der Waals surface area contributed by atoms with Crippen LogP contribution in [0.5, 0.6) is 23.0 Å². The van der Waals surface area contributed by atoms with Gasteiger partial charge in [-0.1, -0.05) is 6.07 Å². The fourth-order valence-electron chi connectivity index (χ4n) is 4.56. The average Bonchev–Trinajstić information content (AvgIpc) is 3.19. The Morgan fingerprint density at radius 2 is 1.72 bits per heavy atom. The molecule has 1 saturated heterocycles. The number of hydrogen-bond acceptors (Lipinski definition) is 5. The fraction of sp³-hybridized carbons (Fsp3) is 0.500. The maximum atomic E-state index is 5.87. The van der Waals surface area contributed by atoms with E-state index in [0.717, 1.165) is 55.7 Å². The lowest BCUT2D eigenvalue weighted by Gasteiger charge is -2.32. The number of fused-ring (bicyclic) bond motifs is 1. The number of nitrogens with zero attached hydrogens (tertiary/aromatic N) is 1. The van der Waals surface area contributed by atoms with E-state index in [4.69, 9.17) is 18.9 Å². The van der Waals surface area contributed by atoms with Gasteiger partial charge in [0, 0.05) is 11.5 Å². The number of piperidine rings is 1. The first-order valence-electron chi connectivity index (χ1n) is 10.5. The first-order chi connectivity index (χ1) is 14.2. The van der Waals surface area contributed by atoms with E-state index in [-0.39, 0.29) is 0 Å². The van der Waals surface area contributed by atoms with Gasteiger partial charge in [-0.05, 0) is 80.7 Å². The van der Waals surface area contributed by atoms with E-state index in [1.807, 2.05) is 18.2 Å². The van der Waals surface area contributed by atoms with Crippen molar-refractivity contribution in [3.63, 3.8) is 0 Å². The summed E-state index contributed by atoms with van der Waals surface area (Å²) >= 11 is 0. The van der Waals surface area contributed by atoms with Crippen molar-refractivity contribution in [1.29, 1.82) is 0 Å². The Bertz CT molecular complexity index is 830. The van der Waals surface area contributed by atoms with Crippen molar-refractivity contribution in [3.05, 3.63) is 47.5 Å². The maximum Gasteiger partial charge on any atom is 0.160 e. The Morgan fingerprint density at radius 1 is 0.931 bits per heavy atom. The molecule has 156 valence electrons. The van der Waals surface area contributed by atoms with Crippen molar-refractivity contribution in [3.8, 4) is 23.0 Å². The molecule has 0 bridgehead atoms. The molecule has 0 aliphatic carbocycles. The molecular weight excluding hydrogens is 366 g/mol. The number of ether oxygens (including phenoxy) is 4. The molecule has 29 heavy (non-hydrogen) atoms. The Labute approximate surface area is 173 Å². The van der Waals surface area contributed by atoms with Crippen molar-refractivity contribution < 1.29 is 18.9 Å². The monoisotopic (exact) mass is 397 g/mol. The van der Waals surface area contributed by atoms with Crippen LogP contribution in [0.2, 0.25) is 0 Å². The molecule has 5 nitrogen and oxygen atoms in total. The molecule has 2 aromatic carbocycles. The van der Waals surface area contributed by atoms with Crippen LogP contribution in [-0.4, -0.2) is 52.5 Å². The van der Waals surface area contributed by atoms with E-state index in [1.165, 1.54) is 24.0 Å². The summed E-state index contributed by atoms with van der Waals surface area (Å²) < 4.78 is 22.1. The Hall–Kier alpha value is -2.40. The summed E-state index contributed by atoms with van der Waals surface area (Å²) in [4.78, 5) is 2.59. The highest BCUT2D eigenvalue weighted by Crippen LogP contribution is 2.39. The second-order valence-corrected chi connectivity index (χ2v) is 7.93. The van der Waals surface area contributed by atoms with E-state index in [1.54, 1.807) is 21.3 Å². The minimum atomic E-state index is 0.462. The van der Waals surface area contributed by atoms with Gasteiger partial charge in [0.25, 0.3) is 0 Å². The molecule has 0 saturated carbocycles. The molecule has 2 aliphatic heterocycles. The van der Waals surface area contributed by atoms with Crippen LogP contribution < -0.4 is 18.9 Å². The molecule has 0 spiro atoms. The minimum absolute atomic E-state index is 0.462. The highest BCUT2D eigenvalue weighted by Gasteiger charge is 2.27. The number of hydrogen-bond donors (Lipinski definition) is 0. The van der Waals surface area contributed by atoms with Crippen molar-refractivity contribution in [1.82, 2.24) is 4.90 Å². The van der Waals surface area contributed by atoms with Gasteiger partial charge >= 0.3 is 0 Å². The molecule has 1 atom stereocenters. The van der Waals surface area contributed by atoms with Crippen molar-refractivity contribution >= 4 is 0 Å². The van der Waals surface area contributed by atoms with E-state index >= 15 is 0 Å². The van der Waals surface area contributed by atoms with Crippen molar-refractivity contribution in [2.24, 2.45) is 0 Å². The smallest absolute Gasteiger partial charge is 0.160 e. The summed E-state index contributed by atoms with van der Waals surface area (Å²) in [5.41, 5.74) is 2.65. The summed E-state index contributed by atoms with van der Waals surface area (Å²) in [6, 6.07) is 12.5. The Kier molecular flexibility index (Phi) is 6.14. The number of likely N-dealkylation sites (tertiary alicyclic amines) is 1. The third-order valence-corrected chi connectivity index (χ3v) is 6.36.